The maximum atomic E-state index is 11.9. The van der Waals surface area contributed by atoms with Crippen LogP contribution in [0.2, 0.25) is 5.02 Å². The molecule has 4 nitrogen and oxygen atoms in total. The van der Waals surface area contributed by atoms with E-state index in [0.717, 1.165) is 36.4 Å². The number of hydrogen-bond donors (Lipinski definition) is 2. The summed E-state index contributed by atoms with van der Waals surface area (Å²) < 4.78 is 0. The van der Waals surface area contributed by atoms with Gasteiger partial charge in [0, 0.05) is 18.1 Å². The van der Waals surface area contributed by atoms with Gasteiger partial charge < -0.3 is 10.4 Å². The zero-order valence-corrected chi connectivity index (χ0v) is 13.2. The molecule has 2 rings (SSSR count). The average molecular weight is 311 g/mol. The van der Waals surface area contributed by atoms with Crippen LogP contribution in [-0.4, -0.2) is 47.7 Å². The van der Waals surface area contributed by atoms with Gasteiger partial charge in [-0.3, -0.25) is 9.69 Å². The van der Waals surface area contributed by atoms with Crippen molar-refractivity contribution in [2.24, 2.45) is 0 Å². The molecule has 1 fully saturated rings. The molecule has 1 amide bonds. The van der Waals surface area contributed by atoms with Gasteiger partial charge in [-0.25, -0.2) is 0 Å². The first-order valence-electron chi connectivity index (χ1n) is 7.40. The lowest BCUT2D eigenvalue weighted by atomic mass is 9.95. The van der Waals surface area contributed by atoms with Gasteiger partial charge in [-0.05, 0) is 50.4 Å². The molecule has 1 unspecified atom stereocenters. The van der Waals surface area contributed by atoms with Crippen LogP contribution in [0.5, 0.6) is 0 Å². The third-order valence-corrected chi connectivity index (χ3v) is 3.98. The van der Waals surface area contributed by atoms with Gasteiger partial charge in [0.05, 0.1) is 12.1 Å². The lowest BCUT2D eigenvalue weighted by Gasteiger charge is -2.36. The van der Waals surface area contributed by atoms with Gasteiger partial charge in [-0.2, -0.15) is 0 Å². The number of nitrogens with zero attached hydrogens (tertiary/aromatic N) is 1. The van der Waals surface area contributed by atoms with Crippen LogP contribution in [0.1, 0.15) is 25.3 Å². The number of carbonyl (C=O) groups excluding carboxylic acids is 1. The van der Waals surface area contributed by atoms with E-state index in [0.29, 0.717) is 19.6 Å². The van der Waals surface area contributed by atoms with Crippen molar-refractivity contribution >= 4 is 17.5 Å². The Kier molecular flexibility index (Phi) is 5.62. The van der Waals surface area contributed by atoms with Crippen LogP contribution in [0.25, 0.3) is 0 Å². The molecule has 116 valence electrons. The summed E-state index contributed by atoms with van der Waals surface area (Å²) in [7, 11) is 0. The van der Waals surface area contributed by atoms with E-state index in [1.54, 1.807) is 0 Å². The molecule has 21 heavy (non-hydrogen) atoms. The van der Waals surface area contributed by atoms with Crippen molar-refractivity contribution in [1.82, 2.24) is 10.2 Å². The van der Waals surface area contributed by atoms with Crippen molar-refractivity contribution in [3.63, 3.8) is 0 Å². The highest BCUT2D eigenvalue weighted by atomic mass is 35.5. The normalized spacial score (nSPS) is 23.0. The molecular weight excluding hydrogens is 288 g/mol. The minimum atomic E-state index is -0.667. The van der Waals surface area contributed by atoms with Crippen LogP contribution < -0.4 is 5.32 Å². The summed E-state index contributed by atoms with van der Waals surface area (Å²) in [4.78, 5) is 13.9. The molecule has 0 radical (unpaired) electrons. The first-order valence-corrected chi connectivity index (χ1v) is 7.78. The Morgan fingerprint density at radius 1 is 1.52 bits per heavy atom. The Morgan fingerprint density at radius 3 is 3.05 bits per heavy atom. The van der Waals surface area contributed by atoms with E-state index in [2.05, 4.69) is 5.32 Å². The fraction of sp³-hybridized carbons (Fsp3) is 0.562. The second-order valence-electron chi connectivity index (χ2n) is 6.04. The van der Waals surface area contributed by atoms with Gasteiger partial charge in [0.25, 0.3) is 0 Å². The Labute approximate surface area is 131 Å². The van der Waals surface area contributed by atoms with Crippen molar-refractivity contribution in [2.45, 2.75) is 31.8 Å². The second kappa shape index (κ2) is 7.25. The van der Waals surface area contributed by atoms with E-state index >= 15 is 0 Å². The molecule has 0 aliphatic carbocycles. The molecule has 5 heteroatoms. The monoisotopic (exact) mass is 310 g/mol. The van der Waals surface area contributed by atoms with E-state index < -0.39 is 5.60 Å². The number of benzene rings is 1. The molecule has 0 saturated carbocycles. The third-order valence-electron chi connectivity index (χ3n) is 3.75. The summed E-state index contributed by atoms with van der Waals surface area (Å²) in [5.41, 5.74) is 0.447. The number of hydrogen-bond acceptors (Lipinski definition) is 3. The lowest BCUT2D eigenvalue weighted by Crippen LogP contribution is -2.49. The highest BCUT2D eigenvalue weighted by Gasteiger charge is 2.28. The zero-order chi connectivity index (χ0) is 15.3. The number of likely N-dealkylation sites (tertiary alicyclic amines) is 1. The second-order valence-corrected chi connectivity index (χ2v) is 6.48. The third kappa shape index (κ3) is 5.65. The molecular formula is C16H23ClN2O2. The number of aliphatic hydroxyl groups is 1. The van der Waals surface area contributed by atoms with Crippen LogP contribution in [0.15, 0.2) is 24.3 Å². The zero-order valence-electron chi connectivity index (χ0n) is 12.4. The maximum Gasteiger partial charge on any atom is 0.234 e. The number of halogens is 1. The molecule has 0 bridgehead atoms. The molecule has 1 aliphatic rings. The quantitative estimate of drug-likeness (QED) is 0.872. The Balaban J connectivity index is 1.70. The fourth-order valence-electron chi connectivity index (χ4n) is 2.76. The first kappa shape index (κ1) is 16.3. The fourth-order valence-corrected chi connectivity index (χ4v) is 2.97. The van der Waals surface area contributed by atoms with Crippen molar-refractivity contribution in [1.29, 1.82) is 0 Å². The van der Waals surface area contributed by atoms with Crippen LogP contribution in [0.4, 0.5) is 0 Å². The predicted octanol–water partition coefficient (Wildman–Crippen LogP) is 1.85. The molecule has 1 aromatic rings. The van der Waals surface area contributed by atoms with Gasteiger partial charge >= 0.3 is 0 Å². The number of piperidine rings is 1. The Morgan fingerprint density at radius 2 is 2.33 bits per heavy atom. The molecule has 0 spiro atoms. The summed E-state index contributed by atoms with van der Waals surface area (Å²) in [6, 6.07) is 7.66. The summed E-state index contributed by atoms with van der Waals surface area (Å²) in [5, 5.41) is 13.7. The molecule has 2 N–H and O–H groups in total. The Hall–Kier alpha value is -1.10. The van der Waals surface area contributed by atoms with Gasteiger partial charge in [0.2, 0.25) is 5.91 Å². The Bertz CT molecular complexity index is 491. The lowest BCUT2D eigenvalue weighted by molar-refractivity contribution is -0.123. The van der Waals surface area contributed by atoms with Gasteiger partial charge in [-0.15, -0.1) is 0 Å². The molecule has 1 atom stereocenters. The number of rotatable bonds is 5. The molecule has 1 aliphatic heterocycles. The van der Waals surface area contributed by atoms with Gasteiger partial charge in [0.15, 0.2) is 0 Å². The first-order chi connectivity index (χ1) is 9.94. The summed E-state index contributed by atoms with van der Waals surface area (Å²) in [5.74, 6) is 0.00901. The summed E-state index contributed by atoms with van der Waals surface area (Å²) in [6.07, 6.45) is 2.51. The predicted molar refractivity (Wildman–Crippen MR) is 84.5 cm³/mol. The van der Waals surface area contributed by atoms with Crippen LogP contribution >= 0.6 is 11.6 Å². The minimum Gasteiger partial charge on any atom is -0.389 e. The summed E-state index contributed by atoms with van der Waals surface area (Å²) in [6.45, 7) is 4.22. The van der Waals surface area contributed by atoms with Crippen LogP contribution in [0.3, 0.4) is 0 Å². The van der Waals surface area contributed by atoms with Crippen molar-refractivity contribution in [3.8, 4) is 0 Å². The van der Waals surface area contributed by atoms with E-state index in [4.69, 9.17) is 11.6 Å². The van der Waals surface area contributed by atoms with E-state index in [-0.39, 0.29) is 5.91 Å². The molecule has 0 aromatic heterocycles. The van der Waals surface area contributed by atoms with Crippen LogP contribution in [-0.2, 0) is 11.2 Å². The maximum absolute atomic E-state index is 11.9. The van der Waals surface area contributed by atoms with Gasteiger partial charge in [-0.1, -0.05) is 23.7 Å². The number of carbonyl (C=O) groups is 1. The number of β-amino-alcohol motifs (C(OH)–C–C–N with tert-alkyl or cyclic N) is 1. The van der Waals surface area contributed by atoms with Crippen molar-refractivity contribution in [2.75, 3.05) is 26.2 Å². The smallest absolute Gasteiger partial charge is 0.234 e. The average Bonchev–Trinajstić information content (AvgIpc) is 2.37. The van der Waals surface area contributed by atoms with E-state index in [9.17, 15) is 9.90 Å². The highest BCUT2D eigenvalue weighted by molar-refractivity contribution is 6.30. The van der Waals surface area contributed by atoms with Crippen molar-refractivity contribution in [3.05, 3.63) is 34.9 Å². The van der Waals surface area contributed by atoms with Gasteiger partial charge in [0.1, 0.15) is 0 Å². The number of nitrogens with one attached hydrogen (secondary N) is 1. The summed E-state index contributed by atoms with van der Waals surface area (Å²) >= 11 is 5.92. The SMILES string of the molecule is CC1(O)CCCN(CC(=O)NCCc2cccc(Cl)c2)C1. The molecule has 1 heterocycles. The van der Waals surface area contributed by atoms with E-state index in [1.807, 2.05) is 36.1 Å². The standard InChI is InChI=1S/C16H23ClN2O2/c1-16(21)7-3-9-19(12-16)11-15(20)18-8-6-13-4-2-5-14(17)10-13/h2,4-5,10,21H,3,6-9,11-12H2,1H3,(H,18,20). The molecule has 1 aromatic carbocycles. The minimum absolute atomic E-state index is 0.00901. The van der Waals surface area contributed by atoms with Crippen molar-refractivity contribution < 1.29 is 9.90 Å². The van der Waals surface area contributed by atoms with E-state index in [1.165, 1.54) is 0 Å². The van der Waals surface area contributed by atoms with Crippen LogP contribution in [0, 0.1) is 0 Å². The number of amides is 1. The largest absolute Gasteiger partial charge is 0.389 e. The highest BCUT2D eigenvalue weighted by Crippen LogP contribution is 2.19. The molecule has 1 saturated heterocycles. The topological polar surface area (TPSA) is 52.6 Å².